The molecule has 0 radical (unpaired) electrons. The van der Waals surface area contributed by atoms with E-state index in [0.29, 0.717) is 18.8 Å². The molecule has 0 unspecified atom stereocenters. The summed E-state index contributed by atoms with van der Waals surface area (Å²) in [6, 6.07) is 24.6. The Morgan fingerprint density at radius 1 is 0.862 bits per heavy atom. The average molecular weight is 384 g/mol. The number of carbonyl (C=O) groups is 2. The molecular formula is C23H20N4O2. The lowest BCUT2D eigenvalue weighted by atomic mass is 10.1. The number of hydrogen-bond acceptors (Lipinski definition) is 3. The van der Waals surface area contributed by atoms with Crippen LogP contribution in [-0.2, 0) is 22.7 Å². The summed E-state index contributed by atoms with van der Waals surface area (Å²) in [5.74, 6) is -1.25. The molecule has 6 nitrogen and oxygen atoms in total. The molecular weight excluding hydrogens is 364 g/mol. The molecule has 0 aliphatic heterocycles. The van der Waals surface area contributed by atoms with Gasteiger partial charge in [0.25, 0.3) is 0 Å². The van der Waals surface area contributed by atoms with Gasteiger partial charge in [-0.3, -0.25) is 14.7 Å². The number of aromatic nitrogens is 2. The van der Waals surface area contributed by atoms with Gasteiger partial charge in [0.15, 0.2) is 0 Å². The highest BCUT2D eigenvalue weighted by molar-refractivity contribution is 6.39. The lowest BCUT2D eigenvalue weighted by Crippen LogP contribution is -2.38. The summed E-state index contributed by atoms with van der Waals surface area (Å²) in [5, 5.41) is 10.5. The van der Waals surface area contributed by atoms with Crippen LogP contribution in [0.3, 0.4) is 0 Å². The van der Waals surface area contributed by atoms with Crippen LogP contribution in [0, 0.1) is 0 Å². The van der Waals surface area contributed by atoms with Gasteiger partial charge in [-0.15, -0.1) is 0 Å². The maximum absolute atomic E-state index is 13.0. The number of nitrogens with zero attached hydrogens (tertiary/aromatic N) is 2. The topological polar surface area (TPSA) is 78.1 Å². The highest BCUT2D eigenvalue weighted by atomic mass is 16.2. The van der Waals surface area contributed by atoms with Crippen LogP contribution >= 0.6 is 0 Å². The Bertz CT molecular complexity index is 1080. The van der Waals surface area contributed by atoms with E-state index in [-0.39, 0.29) is 0 Å². The van der Waals surface area contributed by atoms with E-state index in [1.165, 1.54) is 0 Å². The molecule has 2 amide bonds. The molecule has 4 rings (SSSR count). The van der Waals surface area contributed by atoms with Crippen molar-refractivity contribution in [3.05, 3.63) is 96.2 Å². The Labute approximate surface area is 168 Å². The summed E-state index contributed by atoms with van der Waals surface area (Å²) in [5.41, 5.74) is 3.26. The van der Waals surface area contributed by atoms with Crippen molar-refractivity contribution in [1.82, 2.24) is 15.1 Å². The van der Waals surface area contributed by atoms with E-state index in [1.54, 1.807) is 23.2 Å². The van der Waals surface area contributed by atoms with Crippen LogP contribution in [0.1, 0.15) is 11.1 Å². The van der Waals surface area contributed by atoms with Gasteiger partial charge >= 0.3 is 11.8 Å². The standard InChI is InChI=1S/C23H20N4O2/c28-22(25-20-12-11-19-14-24-26-21(19)13-20)23(29)27(15-17-7-3-1-4-8-17)16-18-9-5-2-6-10-18/h1-14H,15-16H2,(H,24,26)(H,25,28). The fraction of sp³-hybridized carbons (Fsp3) is 0.0870. The van der Waals surface area contributed by atoms with Crippen LogP contribution in [0.5, 0.6) is 0 Å². The van der Waals surface area contributed by atoms with Crippen molar-refractivity contribution in [3.63, 3.8) is 0 Å². The number of fused-ring (bicyclic) bond motifs is 1. The molecule has 0 saturated carbocycles. The largest absolute Gasteiger partial charge is 0.326 e. The van der Waals surface area contributed by atoms with Crippen molar-refractivity contribution >= 4 is 28.4 Å². The molecule has 144 valence electrons. The highest BCUT2D eigenvalue weighted by Crippen LogP contribution is 2.17. The third-order valence-electron chi connectivity index (χ3n) is 4.61. The third-order valence-corrected chi connectivity index (χ3v) is 4.61. The van der Waals surface area contributed by atoms with Gasteiger partial charge in [0.1, 0.15) is 0 Å². The third kappa shape index (κ3) is 4.50. The monoisotopic (exact) mass is 384 g/mol. The minimum atomic E-state index is -0.671. The maximum atomic E-state index is 13.0. The number of benzene rings is 3. The van der Waals surface area contributed by atoms with Crippen LogP contribution in [0.2, 0.25) is 0 Å². The molecule has 1 heterocycles. The number of aromatic amines is 1. The highest BCUT2D eigenvalue weighted by Gasteiger charge is 2.22. The molecule has 6 heteroatoms. The predicted octanol–water partition coefficient (Wildman–Crippen LogP) is 3.73. The van der Waals surface area contributed by atoms with Gasteiger partial charge < -0.3 is 10.2 Å². The average Bonchev–Trinajstić information content (AvgIpc) is 3.22. The number of carbonyl (C=O) groups excluding carboxylic acids is 2. The normalized spacial score (nSPS) is 10.6. The molecule has 0 aliphatic carbocycles. The van der Waals surface area contributed by atoms with E-state index >= 15 is 0 Å². The number of nitrogens with one attached hydrogen (secondary N) is 2. The number of anilines is 1. The Morgan fingerprint density at radius 3 is 2.10 bits per heavy atom. The zero-order chi connectivity index (χ0) is 20.1. The van der Waals surface area contributed by atoms with Crippen molar-refractivity contribution in [2.45, 2.75) is 13.1 Å². The summed E-state index contributed by atoms with van der Waals surface area (Å²) in [7, 11) is 0. The summed E-state index contributed by atoms with van der Waals surface area (Å²) < 4.78 is 0. The second-order valence-corrected chi connectivity index (χ2v) is 6.76. The number of H-pyrrole nitrogens is 1. The molecule has 0 fully saturated rings. The molecule has 1 aromatic heterocycles. The molecule has 0 spiro atoms. The fourth-order valence-electron chi connectivity index (χ4n) is 3.15. The minimum absolute atomic E-state index is 0.349. The molecule has 4 aromatic rings. The second-order valence-electron chi connectivity index (χ2n) is 6.76. The Balaban J connectivity index is 1.53. The molecule has 3 aromatic carbocycles. The molecule has 0 aliphatic rings. The first-order valence-corrected chi connectivity index (χ1v) is 9.30. The minimum Gasteiger partial charge on any atom is -0.326 e. The predicted molar refractivity (Wildman–Crippen MR) is 112 cm³/mol. The summed E-state index contributed by atoms with van der Waals surface area (Å²) in [6.07, 6.45) is 1.70. The van der Waals surface area contributed by atoms with Crippen LogP contribution in [0.4, 0.5) is 5.69 Å². The summed E-state index contributed by atoms with van der Waals surface area (Å²) in [6.45, 7) is 0.698. The molecule has 29 heavy (non-hydrogen) atoms. The van der Waals surface area contributed by atoms with Gasteiger partial charge in [-0.1, -0.05) is 60.7 Å². The van der Waals surface area contributed by atoms with Gasteiger partial charge in [0.05, 0.1) is 11.7 Å². The molecule has 0 bridgehead atoms. The van der Waals surface area contributed by atoms with Crippen LogP contribution in [0.25, 0.3) is 10.9 Å². The fourth-order valence-corrected chi connectivity index (χ4v) is 3.15. The lowest BCUT2D eigenvalue weighted by Gasteiger charge is -2.22. The van der Waals surface area contributed by atoms with Crippen molar-refractivity contribution < 1.29 is 9.59 Å². The zero-order valence-electron chi connectivity index (χ0n) is 15.7. The summed E-state index contributed by atoms with van der Waals surface area (Å²) >= 11 is 0. The van der Waals surface area contributed by atoms with Crippen LogP contribution < -0.4 is 5.32 Å². The van der Waals surface area contributed by atoms with Gasteiger partial charge in [0.2, 0.25) is 0 Å². The van der Waals surface area contributed by atoms with Crippen molar-refractivity contribution in [1.29, 1.82) is 0 Å². The Morgan fingerprint density at radius 2 is 1.48 bits per heavy atom. The number of amides is 2. The maximum Gasteiger partial charge on any atom is 0.313 e. The molecule has 0 saturated heterocycles. The molecule has 0 atom stereocenters. The summed E-state index contributed by atoms with van der Waals surface area (Å²) in [4.78, 5) is 27.2. The van der Waals surface area contributed by atoms with Crippen LogP contribution in [0.15, 0.2) is 85.1 Å². The Hall–Kier alpha value is -3.93. The van der Waals surface area contributed by atoms with Crippen molar-refractivity contribution in [2.75, 3.05) is 5.32 Å². The number of hydrogen-bond donors (Lipinski definition) is 2. The van der Waals surface area contributed by atoms with Crippen molar-refractivity contribution in [2.24, 2.45) is 0 Å². The SMILES string of the molecule is O=C(Nc1ccc2cn[nH]c2c1)C(=O)N(Cc1ccccc1)Cc1ccccc1. The van der Waals surface area contributed by atoms with E-state index in [1.807, 2.05) is 66.7 Å². The first kappa shape index (κ1) is 18.4. The van der Waals surface area contributed by atoms with Gasteiger partial charge in [0, 0.05) is 24.2 Å². The van der Waals surface area contributed by atoms with E-state index in [9.17, 15) is 9.59 Å². The van der Waals surface area contributed by atoms with Gasteiger partial charge in [-0.05, 0) is 29.3 Å². The Kier molecular flexibility index (Phi) is 5.33. The van der Waals surface area contributed by atoms with Gasteiger partial charge in [-0.25, -0.2) is 0 Å². The zero-order valence-corrected chi connectivity index (χ0v) is 15.7. The van der Waals surface area contributed by atoms with Crippen LogP contribution in [-0.4, -0.2) is 26.9 Å². The van der Waals surface area contributed by atoms with E-state index in [0.717, 1.165) is 22.0 Å². The smallest absolute Gasteiger partial charge is 0.313 e. The number of rotatable bonds is 5. The van der Waals surface area contributed by atoms with E-state index in [4.69, 9.17) is 0 Å². The first-order valence-electron chi connectivity index (χ1n) is 9.30. The first-order chi connectivity index (χ1) is 14.2. The van der Waals surface area contributed by atoms with Gasteiger partial charge in [-0.2, -0.15) is 5.10 Å². The molecule has 2 N–H and O–H groups in total. The second kappa shape index (κ2) is 8.39. The quantitative estimate of drug-likeness (QED) is 0.515. The van der Waals surface area contributed by atoms with E-state index in [2.05, 4.69) is 15.5 Å². The lowest BCUT2D eigenvalue weighted by molar-refractivity contribution is -0.144. The van der Waals surface area contributed by atoms with E-state index < -0.39 is 11.8 Å². The van der Waals surface area contributed by atoms with Crippen molar-refractivity contribution in [3.8, 4) is 0 Å².